The number of thiophene rings is 1. The second kappa shape index (κ2) is 6.71. The van der Waals surface area contributed by atoms with Crippen LogP contribution in [0.5, 0.6) is 0 Å². The number of fused-ring (bicyclic) bond motifs is 2. The zero-order valence-electron chi connectivity index (χ0n) is 16.4. The summed E-state index contributed by atoms with van der Waals surface area (Å²) in [5.74, 6) is 1.56. The first-order chi connectivity index (χ1) is 13.6. The molecule has 0 aliphatic carbocycles. The van der Waals surface area contributed by atoms with E-state index in [-0.39, 0.29) is 0 Å². The third-order valence-corrected chi connectivity index (χ3v) is 6.56. The molecule has 4 heteroatoms. The fraction of sp³-hybridized carbons (Fsp3) is 0.250. The highest BCUT2D eigenvalue weighted by Crippen LogP contribution is 2.44. The van der Waals surface area contributed by atoms with Crippen LogP contribution in [0.1, 0.15) is 37.8 Å². The van der Waals surface area contributed by atoms with Crippen molar-refractivity contribution in [2.75, 3.05) is 4.90 Å². The average Bonchev–Trinajstić information content (AvgIpc) is 3.28. The molecular weight excluding hydrogens is 362 g/mol. The summed E-state index contributed by atoms with van der Waals surface area (Å²) in [5.41, 5.74) is 6.47. The fourth-order valence-corrected chi connectivity index (χ4v) is 5.10. The molecule has 3 nitrogen and oxygen atoms in total. The van der Waals surface area contributed by atoms with Gasteiger partial charge in [0.25, 0.3) is 0 Å². The monoisotopic (exact) mass is 385 g/mol. The van der Waals surface area contributed by atoms with Crippen molar-refractivity contribution in [3.8, 4) is 11.1 Å². The average molecular weight is 386 g/mol. The van der Waals surface area contributed by atoms with Crippen LogP contribution in [-0.2, 0) is 6.42 Å². The van der Waals surface area contributed by atoms with Crippen LogP contribution >= 0.6 is 11.3 Å². The summed E-state index contributed by atoms with van der Waals surface area (Å²) in [5, 5.41) is 3.38. The maximum atomic E-state index is 4.76. The van der Waals surface area contributed by atoms with Crippen LogP contribution in [0, 0.1) is 0 Å². The molecule has 0 bridgehead atoms. The number of hydrogen-bond donors (Lipinski definition) is 0. The Morgan fingerprint density at radius 2 is 1.82 bits per heavy atom. The number of aromatic nitrogens is 2. The number of hydrogen-bond acceptors (Lipinski definition) is 4. The zero-order valence-corrected chi connectivity index (χ0v) is 17.2. The predicted molar refractivity (Wildman–Crippen MR) is 119 cm³/mol. The Morgan fingerprint density at radius 3 is 2.61 bits per heavy atom. The van der Waals surface area contributed by atoms with E-state index in [4.69, 9.17) is 4.98 Å². The first kappa shape index (κ1) is 17.4. The van der Waals surface area contributed by atoms with E-state index in [0.717, 1.165) is 22.5 Å². The van der Waals surface area contributed by atoms with E-state index in [1.807, 2.05) is 0 Å². The Labute approximate surface area is 169 Å². The highest BCUT2D eigenvalue weighted by atomic mass is 32.1. The molecular formula is C24H23N3S. The predicted octanol–water partition coefficient (Wildman–Crippen LogP) is 6.56. The molecule has 1 aliphatic rings. The largest absolute Gasteiger partial charge is 0.322 e. The van der Waals surface area contributed by atoms with Gasteiger partial charge in [-0.1, -0.05) is 56.3 Å². The molecule has 3 heterocycles. The minimum atomic E-state index is 0.381. The highest BCUT2D eigenvalue weighted by Gasteiger charge is 2.30. The van der Waals surface area contributed by atoms with E-state index < -0.39 is 0 Å². The second-order valence-electron chi connectivity index (χ2n) is 7.86. The second-order valence-corrected chi connectivity index (χ2v) is 8.71. The van der Waals surface area contributed by atoms with Crippen LogP contribution in [-0.4, -0.2) is 16.0 Å². The van der Waals surface area contributed by atoms with E-state index in [2.05, 4.69) is 84.6 Å². The van der Waals surface area contributed by atoms with E-state index >= 15 is 0 Å². The Hall–Kier alpha value is -2.72. The number of anilines is 2. The van der Waals surface area contributed by atoms with E-state index in [1.54, 1.807) is 17.7 Å². The molecule has 1 unspecified atom stereocenters. The third-order valence-electron chi connectivity index (χ3n) is 5.67. The standard InChI is InChI=1S/C24H23N3S/c1-15(2)17-8-10-18(11-9-17)20-13-28-24-22(20)23(25-14-26-24)27-16(3)12-19-6-4-5-7-21(19)27/h4-11,13-16H,12H2,1-3H3. The molecule has 2 aromatic carbocycles. The van der Waals surface area contributed by atoms with Crippen molar-refractivity contribution in [3.63, 3.8) is 0 Å². The molecule has 0 spiro atoms. The van der Waals surface area contributed by atoms with Gasteiger partial charge in [0, 0.05) is 22.7 Å². The molecule has 2 aromatic heterocycles. The molecule has 5 rings (SSSR count). The van der Waals surface area contributed by atoms with Crippen LogP contribution < -0.4 is 4.90 Å². The van der Waals surface area contributed by atoms with Crippen molar-refractivity contribution in [1.29, 1.82) is 0 Å². The number of benzene rings is 2. The van der Waals surface area contributed by atoms with Gasteiger partial charge in [-0.05, 0) is 42.0 Å². The smallest absolute Gasteiger partial charge is 0.146 e. The van der Waals surface area contributed by atoms with Crippen molar-refractivity contribution in [1.82, 2.24) is 9.97 Å². The molecule has 0 saturated heterocycles. The summed E-state index contributed by atoms with van der Waals surface area (Å²) in [6, 6.07) is 18.0. The molecule has 0 fully saturated rings. The van der Waals surface area contributed by atoms with Gasteiger partial charge < -0.3 is 4.90 Å². The Kier molecular flexibility index (Phi) is 4.17. The molecule has 0 amide bonds. The number of rotatable bonds is 3. The molecule has 0 N–H and O–H groups in total. The fourth-order valence-electron chi connectivity index (χ4n) is 4.19. The Balaban J connectivity index is 1.68. The SMILES string of the molecule is CC(C)c1ccc(-c2csc3ncnc(N4c5ccccc5CC4C)c23)cc1. The lowest BCUT2D eigenvalue weighted by Crippen LogP contribution is -2.25. The first-order valence-electron chi connectivity index (χ1n) is 9.83. The zero-order chi connectivity index (χ0) is 19.3. The third kappa shape index (κ3) is 2.71. The normalized spacial score (nSPS) is 16.1. The number of nitrogens with zero attached hydrogens (tertiary/aromatic N) is 3. The van der Waals surface area contributed by atoms with Crippen LogP contribution in [0.3, 0.4) is 0 Å². The van der Waals surface area contributed by atoms with Gasteiger partial charge in [-0.15, -0.1) is 11.3 Å². The molecule has 0 radical (unpaired) electrons. The van der Waals surface area contributed by atoms with Crippen molar-refractivity contribution in [2.24, 2.45) is 0 Å². The van der Waals surface area contributed by atoms with Crippen molar-refractivity contribution < 1.29 is 0 Å². The lowest BCUT2D eigenvalue weighted by Gasteiger charge is -2.24. The van der Waals surface area contributed by atoms with Crippen molar-refractivity contribution >= 4 is 33.1 Å². The lowest BCUT2D eigenvalue weighted by atomic mass is 9.99. The summed E-state index contributed by atoms with van der Waals surface area (Å²) in [6.45, 7) is 6.73. The minimum absolute atomic E-state index is 0.381. The van der Waals surface area contributed by atoms with Gasteiger partial charge in [0.15, 0.2) is 0 Å². The highest BCUT2D eigenvalue weighted by molar-refractivity contribution is 7.17. The molecule has 0 saturated carbocycles. The van der Waals surface area contributed by atoms with E-state index in [0.29, 0.717) is 12.0 Å². The van der Waals surface area contributed by atoms with Crippen molar-refractivity contribution in [3.05, 3.63) is 71.4 Å². The summed E-state index contributed by atoms with van der Waals surface area (Å²) >= 11 is 1.70. The van der Waals surface area contributed by atoms with E-state index in [1.165, 1.54) is 27.9 Å². The van der Waals surface area contributed by atoms with Crippen LogP contribution in [0.25, 0.3) is 21.3 Å². The maximum Gasteiger partial charge on any atom is 0.146 e. The van der Waals surface area contributed by atoms with Crippen LogP contribution in [0.15, 0.2) is 60.2 Å². The summed E-state index contributed by atoms with van der Waals surface area (Å²) < 4.78 is 0. The van der Waals surface area contributed by atoms with Gasteiger partial charge >= 0.3 is 0 Å². The molecule has 4 aromatic rings. The van der Waals surface area contributed by atoms with Gasteiger partial charge in [0.05, 0.1) is 5.39 Å². The maximum absolute atomic E-state index is 4.76. The summed E-state index contributed by atoms with van der Waals surface area (Å²) in [6.07, 6.45) is 2.75. The van der Waals surface area contributed by atoms with Crippen LogP contribution in [0.2, 0.25) is 0 Å². The quantitative estimate of drug-likeness (QED) is 0.400. The summed E-state index contributed by atoms with van der Waals surface area (Å²) in [4.78, 5) is 12.8. The van der Waals surface area contributed by atoms with Gasteiger partial charge in [-0.2, -0.15) is 0 Å². The Morgan fingerprint density at radius 1 is 1.04 bits per heavy atom. The van der Waals surface area contributed by atoms with Crippen molar-refractivity contribution in [2.45, 2.75) is 39.2 Å². The first-order valence-corrected chi connectivity index (χ1v) is 10.7. The molecule has 28 heavy (non-hydrogen) atoms. The van der Waals surface area contributed by atoms with Gasteiger partial charge in [-0.3, -0.25) is 0 Å². The lowest BCUT2D eigenvalue weighted by molar-refractivity contribution is 0.752. The van der Waals surface area contributed by atoms with Gasteiger partial charge in [0.1, 0.15) is 17.0 Å². The molecule has 1 atom stereocenters. The molecule has 1 aliphatic heterocycles. The van der Waals surface area contributed by atoms with E-state index in [9.17, 15) is 0 Å². The Bertz CT molecular complexity index is 1140. The van der Waals surface area contributed by atoms with Crippen LogP contribution in [0.4, 0.5) is 11.5 Å². The topological polar surface area (TPSA) is 29.0 Å². The minimum Gasteiger partial charge on any atom is -0.322 e. The number of para-hydroxylation sites is 1. The summed E-state index contributed by atoms with van der Waals surface area (Å²) in [7, 11) is 0. The molecule has 140 valence electrons. The van der Waals surface area contributed by atoms with Gasteiger partial charge in [0.2, 0.25) is 0 Å². The van der Waals surface area contributed by atoms with Gasteiger partial charge in [-0.25, -0.2) is 9.97 Å².